The first kappa shape index (κ1) is 12.6. The number of carbonyl (C=O) groups is 1. The van der Waals surface area contributed by atoms with Gasteiger partial charge >= 0.3 is 5.97 Å². The van der Waals surface area contributed by atoms with E-state index in [2.05, 4.69) is 35.8 Å². The molecule has 2 rings (SSSR count). The van der Waals surface area contributed by atoms with Crippen LogP contribution in [0.1, 0.15) is 50.2 Å². The molecule has 0 amide bonds. The number of carboxylic acids is 1. The Kier molecular flexibility index (Phi) is 3.30. The molecule has 0 aromatic heterocycles. The Balaban J connectivity index is 2.48. The molecule has 1 aromatic rings. The Hall–Kier alpha value is -0.830. The number of carboxylic acid groups (broad SMARTS) is 1. The molecule has 1 unspecified atom stereocenters. The van der Waals surface area contributed by atoms with Crippen molar-refractivity contribution in [2.45, 2.75) is 44.4 Å². The van der Waals surface area contributed by atoms with Crippen LogP contribution in [0, 0.1) is 0 Å². The minimum Gasteiger partial charge on any atom is -0.481 e. The third kappa shape index (κ3) is 2.39. The molecule has 92 valence electrons. The molecule has 0 aliphatic heterocycles. The second-order valence-electron chi connectivity index (χ2n) is 5.42. The van der Waals surface area contributed by atoms with Gasteiger partial charge in [-0.3, -0.25) is 4.79 Å². The summed E-state index contributed by atoms with van der Waals surface area (Å²) in [5.41, 5.74) is 2.63. The quantitative estimate of drug-likeness (QED) is 0.893. The SMILES string of the molecule is CC1(C)CCC(CC(=O)O)c2cccc(Br)c21. The summed E-state index contributed by atoms with van der Waals surface area (Å²) in [6.07, 6.45) is 2.24. The minimum atomic E-state index is -0.708. The minimum absolute atomic E-state index is 0.129. The van der Waals surface area contributed by atoms with E-state index in [1.165, 1.54) is 11.1 Å². The molecule has 3 heteroatoms. The van der Waals surface area contributed by atoms with Crippen molar-refractivity contribution in [1.82, 2.24) is 0 Å². The van der Waals surface area contributed by atoms with Crippen LogP contribution in [0.3, 0.4) is 0 Å². The Morgan fingerprint density at radius 2 is 2.24 bits per heavy atom. The molecule has 0 spiro atoms. The van der Waals surface area contributed by atoms with Crippen molar-refractivity contribution < 1.29 is 9.90 Å². The van der Waals surface area contributed by atoms with Crippen molar-refractivity contribution in [2.24, 2.45) is 0 Å². The van der Waals surface area contributed by atoms with Gasteiger partial charge in [0, 0.05) is 4.47 Å². The Morgan fingerprint density at radius 3 is 2.88 bits per heavy atom. The number of hydrogen-bond donors (Lipinski definition) is 1. The van der Waals surface area contributed by atoms with E-state index in [0.29, 0.717) is 0 Å². The van der Waals surface area contributed by atoms with Gasteiger partial charge in [-0.2, -0.15) is 0 Å². The predicted molar refractivity (Wildman–Crippen MR) is 71.4 cm³/mol. The molecule has 1 aliphatic rings. The van der Waals surface area contributed by atoms with E-state index in [1.807, 2.05) is 12.1 Å². The number of halogens is 1. The molecule has 1 N–H and O–H groups in total. The van der Waals surface area contributed by atoms with E-state index < -0.39 is 5.97 Å². The molecule has 1 aromatic carbocycles. The average Bonchev–Trinajstić information content (AvgIpc) is 2.21. The maximum absolute atomic E-state index is 10.9. The van der Waals surface area contributed by atoms with Gasteiger partial charge in [-0.05, 0) is 41.4 Å². The topological polar surface area (TPSA) is 37.3 Å². The zero-order valence-corrected chi connectivity index (χ0v) is 11.8. The molecule has 0 bridgehead atoms. The monoisotopic (exact) mass is 296 g/mol. The maximum atomic E-state index is 10.9. The number of hydrogen-bond acceptors (Lipinski definition) is 1. The van der Waals surface area contributed by atoms with Gasteiger partial charge < -0.3 is 5.11 Å². The van der Waals surface area contributed by atoms with E-state index in [9.17, 15) is 4.79 Å². The second kappa shape index (κ2) is 4.45. The highest BCUT2D eigenvalue weighted by atomic mass is 79.9. The van der Waals surface area contributed by atoms with Gasteiger partial charge in [-0.1, -0.05) is 41.9 Å². The van der Waals surface area contributed by atoms with Crippen molar-refractivity contribution in [3.8, 4) is 0 Å². The lowest BCUT2D eigenvalue weighted by Gasteiger charge is -2.37. The molecule has 0 heterocycles. The Labute approximate surface area is 110 Å². The van der Waals surface area contributed by atoms with Crippen LogP contribution in [-0.2, 0) is 10.2 Å². The highest BCUT2D eigenvalue weighted by Crippen LogP contribution is 2.46. The van der Waals surface area contributed by atoms with Gasteiger partial charge in [-0.15, -0.1) is 0 Å². The van der Waals surface area contributed by atoms with Crippen molar-refractivity contribution in [1.29, 1.82) is 0 Å². The van der Waals surface area contributed by atoms with Crippen LogP contribution in [0.2, 0.25) is 0 Å². The molecular formula is C14H17BrO2. The number of rotatable bonds is 2. The molecular weight excluding hydrogens is 280 g/mol. The molecule has 0 radical (unpaired) electrons. The zero-order chi connectivity index (χ0) is 12.6. The van der Waals surface area contributed by atoms with Crippen LogP contribution in [0.25, 0.3) is 0 Å². The summed E-state index contributed by atoms with van der Waals surface area (Å²) in [5.74, 6) is -0.548. The zero-order valence-electron chi connectivity index (χ0n) is 10.2. The summed E-state index contributed by atoms with van der Waals surface area (Å²) in [5, 5.41) is 8.98. The van der Waals surface area contributed by atoms with Gasteiger partial charge in [-0.25, -0.2) is 0 Å². The lowest BCUT2D eigenvalue weighted by Crippen LogP contribution is -2.27. The normalized spacial score (nSPS) is 21.9. The lowest BCUT2D eigenvalue weighted by molar-refractivity contribution is -0.137. The smallest absolute Gasteiger partial charge is 0.303 e. The summed E-state index contributed by atoms with van der Waals surface area (Å²) >= 11 is 3.60. The van der Waals surface area contributed by atoms with Gasteiger partial charge in [0.1, 0.15) is 0 Å². The van der Waals surface area contributed by atoms with Crippen LogP contribution >= 0.6 is 15.9 Å². The number of benzene rings is 1. The first-order valence-electron chi connectivity index (χ1n) is 5.92. The van der Waals surface area contributed by atoms with Crippen LogP contribution in [-0.4, -0.2) is 11.1 Å². The molecule has 0 saturated heterocycles. The third-order valence-electron chi connectivity index (χ3n) is 3.70. The summed E-state index contributed by atoms with van der Waals surface area (Å²) in [7, 11) is 0. The van der Waals surface area contributed by atoms with Crippen molar-refractivity contribution in [3.63, 3.8) is 0 Å². The molecule has 0 saturated carbocycles. The first-order chi connectivity index (χ1) is 7.92. The molecule has 1 aliphatic carbocycles. The van der Waals surface area contributed by atoms with Crippen molar-refractivity contribution in [2.75, 3.05) is 0 Å². The Morgan fingerprint density at radius 1 is 1.53 bits per heavy atom. The summed E-state index contributed by atoms with van der Waals surface area (Å²) in [4.78, 5) is 10.9. The largest absolute Gasteiger partial charge is 0.481 e. The highest BCUT2D eigenvalue weighted by molar-refractivity contribution is 9.10. The number of fused-ring (bicyclic) bond motifs is 1. The van der Waals surface area contributed by atoms with E-state index in [0.717, 1.165) is 17.3 Å². The number of aliphatic carboxylic acids is 1. The standard InChI is InChI=1S/C14H17BrO2/c1-14(2)7-6-9(8-12(16)17)10-4-3-5-11(15)13(10)14/h3-5,9H,6-8H2,1-2H3,(H,16,17). The third-order valence-corrected chi connectivity index (χ3v) is 4.36. The van der Waals surface area contributed by atoms with E-state index in [4.69, 9.17) is 5.11 Å². The molecule has 0 fully saturated rings. The average molecular weight is 297 g/mol. The molecule has 17 heavy (non-hydrogen) atoms. The first-order valence-corrected chi connectivity index (χ1v) is 6.72. The lowest BCUT2D eigenvalue weighted by atomic mass is 9.68. The van der Waals surface area contributed by atoms with Gasteiger partial charge in [0.15, 0.2) is 0 Å². The van der Waals surface area contributed by atoms with Crippen LogP contribution in [0.15, 0.2) is 22.7 Å². The van der Waals surface area contributed by atoms with E-state index in [1.54, 1.807) is 0 Å². The van der Waals surface area contributed by atoms with E-state index in [-0.39, 0.29) is 17.8 Å². The fourth-order valence-electron chi connectivity index (χ4n) is 2.83. The Bertz CT molecular complexity index is 452. The van der Waals surface area contributed by atoms with Crippen LogP contribution < -0.4 is 0 Å². The van der Waals surface area contributed by atoms with Crippen LogP contribution in [0.5, 0.6) is 0 Å². The van der Waals surface area contributed by atoms with Crippen LogP contribution in [0.4, 0.5) is 0 Å². The maximum Gasteiger partial charge on any atom is 0.303 e. The fourth-order valence-corrected chi connectivity index (χ4v) is 3.75. The van der Waals surface area contributed by atoms with E-state index >= 15 is 0 Å². The summed E-state index contributed by atoms with van der Waals surface area (Å²) in [6.45, 7) is 4.46. The summed E-state index contributed by atoms with van der Waals surface area (Å²) in [6, 6.07) is 6.12. The van der Waals surface area contributed by atoms with Gasteiger partial charge in [0.25, 0.3) is 0 Å². The summed E-state index contributed by atoms with van der Waals surface area (Å²) < 4.78 is 1.11. The molecule has 2 nitrogen and oxygen atoms in total. The predicted octanol–water partition coefficient (Wildman–Crippen LogP) is 4.08. The van der Waals surface area contributed by atoms with Crippen molar-refractivity contribution >= 4 is 21.9 Å². The van der Waals surface area contributed by atoms with Crippen molar-refractivity contribution in [3.05, 3.63) is 33.8 Å². The second-order valence-corrected chi connectivity index (χ2v) is 6.28. The van der Waals surface area contributed by atoms with Gasteiger partial charge in [0.2, 0.25) is 0 Å². The highest BCUT2D eigenvalue weighted by Gasteiger charge is 2.34. The fraction of sp³-hybridized carbons (Fsp3) is 0.500. The molecule has 1 atom stereocenters. The van der Waals surface area contributed by atoms with Gasteiger partial charge in [0.05, 0.1) is 6.42 Å².